The molecule has 1 aliphatic rings. The van der Waals surface area contributed by atoms with E-state index in [-0.39, 0.29) is 0 Å². The lowest BCUT2D eigenvalue weighted by Crippen LogP contribution is -2.36. The molecule has 0 saturated heterocycles. The lowest BCUT2D eigenvalue weighted by Gasteiger charge is -2.43. The Hall–Kier alpha value is -0.620. The van der Waals surface area contributed by atoms with Gasteiger partial charge in [-0.2, -0.15) is 0 Å². The van der Waals surface area contributed by atoms with Crippen molar-refractivity contribution in [3.8, 4) is 0 Å². The minimum atomic E-state index is 0.332. The highest BCUT2D eigenvalue weighted by atomic mass is 16.1. The van der Waals surface area contributed by atoms with Crippen molar-refractivity contribution in [2.45, 2.75) is 40.0 Å². The third kappa shape index (κ3) is 2.19. The Morgan fingerprint density at radius 3 is 2.77 bits per heavy atom. The smallest absolute Gasteiger partial charge is 0.211 e. The zero-order chi connectivity index (χ0) is 9.90. The van der Waals surface area contributed by atoms with Gasteiger partial charge in [-0.25, -0.2) is 9.79 Å². The molecule has 13 heavy (non-hydrogen) atoms. The van der Waals surface area contributed by atoms with Crippen molar-refractivity contribution in [3.63, 3.8) is 0 Å². The fourth-order valence-corrected chi connectivity index (χ4v) is 2.29. The number of isocyanates is 1. The average Bonchev–Trinajstić information content (AvgIpc) is 2.08. The van der Waals surface area contributed by atoms with E-state index >= 15 is 0 Å². The Kier molecular flexibility index (Phi) is 3.27. The summed E-state index contributed by atoms with van der Waals surface area (Å²) < 4.78 is 0. The predicted molar refractivity (Wildman–Crippen MR) is 53.3 cm³/mol. The minimum absolute atomic E-state index is 0.332. The Balaban J connectivity index is 2.65. The van der Waals surface area contributed by atoms with Gasteiger partial charge in [0.05, 0.1) is 6.54 Å². The standard InChI is InChI=1S/C11H19NO/c1-9-5-4-6-10(7-12-8-13)11(9,2)3/h9-10H,4-7H2,1-3H3. The van der Waals surface area contributed by atoms with Crippen LogP contribution in [0.25, 0.3) is 0 Å². The Morgan fingerprint density at radius 1 is 1.46 bits per heavy atom. The summed E-state index contributed by atoms with van der Waals surface area (Å²) in [6, 6.07) is 0. The molecule has 0 bridgehead atoms. The molecule has 74 valence electrons. The molecule has 0 N–H and O–H groups in total. The van der Waals surface area contributed by atoms with Gasteiger partial charge >= 0.3 is 0 Å². The van der Waals surface area contributed by atoms with Crippen LogP contribution in [0.15, 0.2) is 4.99 Å². The lowest BCUT2D eigenvalue weighted by atomic mass is 9.63. The van der Waals surface area contributed by atoms with Gasteiger partial charge < -0.3 is 0 Å². The predicted octanol–water partition coefficient (Wildman–Crippen LogP) is 2.78. The van der Waals surface area contributed by atoms with Crippen LogP contribution in [0.3, 0.4) is 0 Å². The van der Waals surface area contributed by atoms with E-state index in [4.69, 9.17) is 0 Å². The van der Waals surface area contributed by atoms with E-state index in [9.17, 15) is 4.79 Å². The molecule has 0 aromatic heterocycles. The largest absolute Gasteiger partial charge is 0.234 e. The summed E-state index contributed by atoms with van der Waals surface area (Å²) in [4.78, 5) is 13.8. The second-order valence-electron chi connectivity index (χ2n) is 4.78. The summed E-state index contributed by atoms with van der Waals surface area (Å²) >= 11 is 0. The second kappa shape index (κ2) is 4.06. The number of rotatable bonds is 2. The Labute approximate surface area is 80.4 Å². The zero-order valence-electron chi connectivity index (χ0n) is 8.84. The molecule has 2 nitrogen and oxygen atoms in total. The summed E-state index contributed by atoms with van der Waals surface area (Å²) in [5.41, 5.74) is 0.332. The van der Waals surface area contributed by atoms with Gasteiger partial charge in [-0.15, -0.1) is 0 Å². The van der Waals surface area contributed by atoms with Crippen LogP contribution in [-0.4, -0.2) is 12.6 Å². The molecule has 1 aliphatic carbocycles. The van der Waals surface area contributed by atoms with Crippen molar-refractivity contribution in [1.82, 2.24) is 0 Å². The number of hydrogen-bond donors (Lipinski definition) is 0. The molecule has 0 heterocycles. The van der Waals surface area contributed by atoms with Gasteiger partial charge in [0, 0.05) is 0 Å². The van der Waals surface area contributed by atoms with E-state index in [1.807, 2.05) is 0 Å². The van der Waals surface area contributed by atoms with Crippen LogP contribution < -0.4 is 0 Å². The highest BCUT2D eigenvalue weighted by Crippen LogP contribution is 2.44. The van der Waals surface area contributed by atoms with Gasteiger partial charge in [0.15, 0.2) is 0 Å². The van der Waals surface area contributed by atoms with Crippen LogP contribution in [0.2, 0.25) is 0 Å². The first-order chi connectivity index (χ1) is 6.09. The molecule has 0 amide bonds. The molecule has 2 unspecified atom stereocenters. The van der Waals surface area contributed by atoms with Crippen molar-refractivity contribution in [2.24, 2.45) is 22.2 Å². The molecule has 2 heteroatoms. The summed E-state index contributed by atoms with van der Waals surface area (Å²) in [5.74, 6) is 1.31. The van der Waals surface area contributed by atoms with E-state index in [0.29, 0.717) is 17.9 Å². The first-order valence-electron chi connectivity index (χ1n) is 5.12. The molecule has 1 rings (SSSR count). The van der Waals surface area contributed by atoms with Crippen molar-refractivity contribution >= 4 is 6.08 Å². The van der Waals surface area contributed by atoms with Crippen molar-refractivity contribution < 1.29 is 4.79 Å². The van der Waals surface area contributed by atoms with Gasteiger partial charge in [-0.1, -0.05) is 33.6 Å². The van der Waals surface area contributed by atoms with Gasteiger partial charge in [0.1, 0.15) is 0 Å². The quantitative estimate of drug-likeness (QED) is 0.476. The van der Waals surface area contributed by atoms with E-state index in [1.165, 1.54) is 19.3 Å². The maximum atomic E-state index is 10.0. The van der Waals surface area contributed by atoms with Gasteiger partial charge in [-0.3, -0.25) is 0 Å². The van der Waals surface area contributed by atoms with Crippen molar-refractivity contribution in [2.75, 3.05) is 6.54 Å². The average molecular weight is 181 g/mol. The molecule has 0 radical (unpaired) electrons. The lowest BCUT2D eigenvalue weighted by molar-refractivity contribution is 0.0767. The molecule has 0 spiro atoms. The molecule has 1 saturated carbocycles. The SMILES string of the molecule is CC1CCCC(CN=C=O)C1(C)C. The van der Waals surface area contributed by atoms with Crippen LogP contribution in [0.1, 0.15) is 40.0 Å². The second-order valence-corrected chi connectivity index (χ2v) is 4.78. The van der Waals surface area contributed by atoms with Gasteiger partial charge in [-0.05, 0) is 23.7 Å². The minimum Gasteiger partial charge on any atom is -0.211 e. The summed E-state index contributed by atoms with van der Waals surface area (Å²) in [6.07, 6.45) is 5.45. The first-order valence-corrected chi connectivity index (χ1v) is 5.12. The van der Waals surface area contributed by atoms with Gasteiger partial charge in [0.25, 0.3) is 0 Å². The van der Waals surface area contributed by atoms with Crippen molar-refractivity contribution in [1.29, 1.82) is 0 Å². The third-order valence-electron chi connectivity index (χ3n) is 3.89. The summed E-state index contributed by atoms with van der Waals surface area (Å²) in [5, 5.41) is 0. The van der Waals surface area contributed by atoms with Crippen LogP contribution in [0.5, 0.6) is 0 Å². The molecular formula is C11H19NO. The highest BCUT2D eigenvalue weighted by molar-refractivity contribution is 5.32. The normalized spacial score (nSPS) is 32.2. The van der Waals surface area contributed by atoms with E-state index in [2.05, 4.69) is 25.8 Å². The molecular weight excluding hydrogens is 162 g/mol. The summed E-state index contributed by atoms with van der Waals surface area (Å²) in [6.45, 7) is 7.56. The number of hydrogen-bond acceptors (Lipinski definition) is 2. The van der Waals surface area contributed by atoms with E-state index < -0.39 is 0 Å². The third-order valence-corrected chi connectivity index (χ3v) is 3.89. The first kappa shape index (κ1) is 10.5. The molecule has 0 aromatic carbocycles. The highest BCUT2D eigenvalue weighted by Gasteiger charge is 2.37. The molecule has 1 fully saturated rings. The van der Waals surface area contributed by atoms with E-state index in [0.717, 1.165) is 5.92 Å². The fourth-order valence-electron chi connectivity index (χ4n) is 2.29. The number of nitrogens with zero attached hydrogens (tertiary/aromatic N) is 1. The maximum Gasteiger partial charge on any atom is 0.234 e. The topological polar surface area (TPSA) is 29.4 Å². The van der Waals surface area contributed by atoms with Gasteiger partial charge in [0.2, 0.25) is 6.08 Å². The Bertz CT molecular complexity index is 216. The molecule has 0 aromatic rings. The monoisotopic (exact) mass is 181 g/mol. The maximum absolute atomic E-state index is 10.0. The van der Waals surface area contributed by atoms with Crippen LogP contribution in [-0.2, 0) is 4.79 Å². The Morgan fingerprint density at radius 2 is 2.15 bits per heavy atom. The molecule has 0 aliphatic heterocycles. The number of carbonyl (C=O) groups excluding carboxylic acids is 1. The summed E-state index contributed by atoms with van der Waals surface area (Å²) in [7, 11) is 0. The van der Waals surface area contributed by atoms with E-state index in [1.54, 1.807) is 6.08 Å². The zero-order valence-corrected chi connectivity index (χ0v) is 8.84. The number of aliphatic imine (C=N–C) groups is 1. The van der Waals surface area contributed by atoms with Crippen LogP contribution >= 0.6 is 0 Å². The molecule has 2 atom stereocenters. The van der Waals surface area contributed by atoms with Crippen molar-refractivity contribution in [3.05, 3.63) is 0 Å². The fraction of sp³-hybridized carbons (Fsp3) is 0.909. The van der Waals surface area contributed by atoms with Crippen LogP contribution in [0, 0.1) is 17.3 Å². The van der Waals surface area contributed by atoms with Crippen LogP contribution in [0.4, 0.5) is 0 Å².